The van der Waals surface area contributed by atoms with Crippen molar-refractivity contribution in [1.82, 2.24) is 14.5 Å². The van der Waals surface area contributed by atoms with Crippen LogP contribution in [0.2, 0.25) is 0 Å². The highest BCUT2D eigenvalue weighted by Gasteiger charge is 2.05. The molecule has 0 aliphatic rings. The van der Waals surface area contributed by atoms with E-state index in [1.54, 1.807) is 0 Å². The Balaban J connectivity index is 2.15. The van der Waals surface area contributed by atoms with Crippen LogP contribution in [0.4, 0.5) is 0 Å². The summed E-state index contributed by atoms with van der Waals surface area (Å²) in [5, 5.41) is 0. The summed E-state index contributed by atoms with van der Waals surface area (Å²) in [7, 11) is 2.12. The second-order valence-corrected chi connectivity index (χ2v) is 3.72. The van der Waals surface area contributed by atoms with E-state index in [9.17, 15) is 0 Å². The maximum atomic E-state index is 5.58. The molecule has 0 aliphatic carbocycles. The Morgan fingerprint density at radius 1 is 1.57 bits per heavy atom. The molecule has 4 heteroatoms. The molecule has 0 spiro atoms. The number of rotatable bonds is 6. The standard InChI is InChI=1S/C10H20N4/c1-10(8-11)13(2)5-3-6-14-7-4-12-9-14/h4,7,9-10H,3,5-6,8,11H2,1-2H3. The molecule has 0 amide bonds. The van der Waals surface area contributed by atoms with Crippen LogP contribution < -0.4 is 5.73 Å². The molecule has 1 heterocycles. The zero-order chi connectivity index (χ0) is 10.4. The van der Waals surface area contributed by atoms with Crippen LogP contribution in [-0.2, 0) is 6.54 Å². The summed E-state index contributed by atoms with van der Waals surface area (Å²) >= 11 is 0. The molecular weight excluding hydrogens is 176 g/mol. The van der Waals surface area contributed by atoms with Crippen molar-refractivity contribution in [3.8, 4) is 0 Å². The van der Waals surface area contributed by atoms with Crippen molar-refractivity contribution < 1.29 is 0 Å². The number of nitrogens with zero attached hydrogens (tertiary/aromatic N) is 3. The van der Waals surface area contributed by atoms with Crippen molar-refractivity contribution >= 4 is 0 Å². The second-order valence-electron chi connectivity index (χ2n) is 3.72. The minimum absolute atomic E-state index is 0.470. The number of nitrogens with two attached hydrogens (primary N) is 1. The van der Waals surface area contributed by atoms with Gasteiger partial charge in [-0.25, -0.2) is 4.98 Å². The second kappa shape index (κ2) is 5.78. The minimum Gasteiger partial charge on any atom is -0.337 e. The normalized spacial score (nSPS) is 13.4. The molecule has 1 aromatic rings. The third-order valence-corrected chi connectivity index (χ3v) is 2.58. The zero-order valence-corrected chi connectivity index (χ0v) is 9.06. The minimum atomic E-state index is 0.470. The first-order valence-corrected chi connectivity index (χ1v) is 5.10. The molecule has 4 nitrogen and oxygen atoms in total. The highest BCUT2D eigenvalue weighted by molar-refractivity contribution is 4.74. The van der Waals surface area contributed by atoms with Gasteiger partial charge in [0.1, 0.15) is 0 Å². The molecule has 0 radical (unpaired) electrons. The fraction of sp³-hybridized carbons (Fsp3) is 0.700. The molecule has 14 heavy (non-hydrogen) atoms. The summed E-state index contributed by atoms with van der Waals surface area (Å²) in [5.41, 5.74) is 5.58. The van der Waals surface area contributed by atoms with E-state index < -0.39 is 0 Å². The summed E-state index contributed by atoms with van der Waals surface area (Å²) in [6.07, 6.45) is 6.79. The molecule has 1 unspecified atom stereocenters. The van der Waals surface area contributed by atoms with Crippen molar-refractivity contribution in [1.29, 1.82) is 0 Å². The molecular formula is C10H20N4. The van der Waals surface area contributed by atoms with Gasteiger partial charge in [0.15, 0.2) is 0 Å². The van der Waals surface area contributed by atoms with E-state index in [4.69, 9.17) is 5.73 Å². The average Bonchev–Trinajstić information content (AvgIpc) is 2.69. The van der Waals surface area contributed by atoms with Crippen molar-refractivity contribution in [3.63, 3.8) is 0 Å². The van der Waals surface area contributed by atoms with Crippen LogP contribution in [0.25, 0.3) is 0 Å². The van der Waals surface area contributed by atoms with Gasteiger partial charge in [0.2, 0.25) is 0 Å². The maximum Gasteiger partial charge on any atom is 0.0945 e. The first-order valence-electron chi connectivity index (χ1n) is 5.10. The van der Waals surface area contributed by atoms with Gasteiger partial charge in [-0.15, -0.1) is 0 Å². The molecule has 0 bridgehead atoms. The van der Waals surface area contributed by atoms with Gasteiger partial charge in [-0.1, -0.05) is 0 Å². The van der Waals surface area contributed by atoms with Crippen LogP contribution >= 0.6 is 0 Å². The Hall–Kier alpha value is -0.870. The number of imidazole rings is 1. The Labute approximate surface area is 85.7 Å². The van der Waals surface area contributed by atoms with Gasteiger partial charge >= 0.3 is 0 Å². The summed E-state index contributed by atoms with van der Waals surface area (Å²) in [6.45, 7) is 4.98. The highest BCUT2D eigenvalue weighted by Crippen LogP contribution is 1.97. The lowest BCUT2D eigenvalue weighted by Crippen LogP contribution is -2.36. The number of hydrogen-bond acceptors (Lipinski definition) is 3. The predicted octanol–water partition coefficient (Wildman–Crippen LogP) is 0.552. The highest BCUT2D eigenvalue weighted by atomic mass is 15.1. The van der Waals surface area contributed by atoms with Gasteiger partial charge in [0, 0.05) is 31.5 Å². The van der Waals surface area contributed by atoms with Crippen LogP contribution in [0.3, 0.4) is 0 Å². The summed E-state index contributed by atoms with van der Waals surface area (Å²) < 4.78 is 2.10. The van der Waals surface area contributed by atoms with Crippen molar-refractivity contribution in [2.24, 2.45) is 5.73 Å². The number of hydrogen-bond donors (Lipinski definition) is 1. The van der Waals surface area contributed by atoms with Crippen LogP contribution in [0.1, 0.15) is 13.3 Å². The molecule has 2 N–H and O–H groups in total. The average molecular weight is 196 g/mol. The van der Waals surface area contributed by atoms with E-state index >= 15 is 0 Å². The Kier molecular flexibility index (Phi) is 4.62. The largest absolute Gasteiger partial charge is 0.337 e. The molecule has 1 rings (SSSR count). The van der Waals surface area contributed by atoms with E-state index in [0.717, 1.165) is 26.1 Å². The van der Waals surface area contributed by atoms with Crippen molar-refractivity contribution in [2.45, 2.75) is 25.9 Å². The van der Waals surface area contributed by atoms with Gasteiger partial charge in [0.25, 0.3) is 0 Å². The van der Waals surface area contributed by atoms with Gasteiger partial charge in [-0.2, -0.15) is 0 Å². The zero-order valence-electron chi connectivity index (χ0n) is 9.06. The van der Waals surface area contributed by atoms with Gasteiger partial charge in [-0.3, -0.25) is 0 Å². The maximum absolute atomic E-state index is 5.58. The Bertz CT molecular complexity index is 232. The monoisotopic (exact) mass is 196 g/mol. The molecule has 80 valence electrons. The SMILES string of the molecule is CC(CN)N(C)CCCn1ccnc1. The van der Waals surface area contributed by atoms with E-state index in [0.29, 0.717) is 6.04 Å². The first-order chi connectivity index (χ1) is 6.74. The summed E-state index contributed by atoms with van der Waals surface area (Å²) in [5.74, 6) is 0. The van der Waals surface area contributed by atoms with Gasteiger partial charge in [-0.05, 0) is 26.9 Å². The molecule has 0 fully saturated rings. The van der Waals surface area contributed by atoms with Crippen LogP contribution in [0.5, 0.6) is 0 Å². The first kappa shape index (κ1) is 11.2. The topological polar surface area (TPSA) is 47.1 Å². The lowest BCUT2D eigenvalue weighted by Gasteiger charge is -2.23. The quantitative estimate of drug-likeness (QED) is 0.723. The van der Waals surface area contributed by atoms with Gasteiger partial charge in [0.05, 0.1) is 6.33 Å². The molecule has 0 aromatic carbocycles. The van der Waals surface area contributed by atoms with E-state index in [2.05, 4.69) is 28.4 Å². The lowest BCUT2D eigenvalue weighted by atomic mass is 10.3. The van der Waals surface area contributed by atoms with E-state index in [-0.39, 0.29) is 0 Å². The Morgan fingerprint density at radius 2 is 2.36 bits per heavy atom. The van der Waals surface area contributed by atoms with Crippen LogP contribution in [0.15, 0.2) is 18.7 Å². The molecule has 1 aromatic heterocycles. The number of aromatic nitrogens is 2. The van der Waals surface area contributed by atoms with E-state index in [1.807, 2.05) is 18.7 Å². The lowest BCUT2D eigenvalue weighted by molar-refractivity contribution is 0.255. The fourth-order valence-corrected chi connectivity index (χ4v) is 1.32. The number of likely N-dealkylation sites (N-methyl/N-ethyl adjacent to an activating group) is 1. The van der Waals surface area contributed by atoms with Crippen LogP contribution in [0, 0.1) is 0 Å². The summed E-state index contributed by atoms with van der Waals surface area (Å²) in [6, 6.07) is 0.470. The van der Waals surface area contributed by atoms with Crippen LogP contribution in [-0.4, -0.2) is 40.6 Å². The molecule has 1 atom stereocenters. The van der Waals surface area contributed by atoms with E-state index in [1.165, 1.54) is 0 Å². The molecule has 0 saturated carbocycles. The smallest absolute Gasteiger partial charge is 0.0945 e. The van der Waals surface area contributed by atoms with Crippen molar-refractivity contribution in [2.75, 3.05) is 20.1 Å². The third-order valence-electron chi connectivity index (χ3n) is 2.58. The van der Waals surface area contributed by atoms with Crippen molar-refractivity contribution in [3.05, 3.63) is 18.7 Å². The summed E-state index contributed by atoms with van der Waals surface area (Å²) in [4.78, 5) is 6.29. The Morgan fingerprint density at radius 3 is 2.93 bits per heavy atom. The predicted molar refractivity (Wildman–Crippen MR) is 58.0 cm³/mol. The molecule has 0 aliphatic heterocycles. The third kappa shape index (κ3) is 3.47. The number of aryl methyl sites for hydroxylation is 1. The fourth-order valence-electron chi connectivity index (χ4n) is 1.32. The van der Waals surface area contributed by atoms with Gasteiger partial charge < -0.3 is 15.2 Å². The molecule has 0 saturated heterocycles.